The molecule has 3 aromatic heterocycles. The predicted molar refractivity (Wildman–Crippen MR) is 104 cm³/mol. The van der Waals surface area contributed by atoms with E-state index >= 15 is 0 Å². The number of H-pyrrole nitrogens is 1. The zero-order valence-corrected chi connectivity index (χ0v) is 15.3. The molecule has 0 saturated heterocycles. The Hall–Kier alpha value is -2.86. The Bertz CT molecular complexity index is 1180. The molecule has 6 nitrogen and oxygen atoms in total. The third kappa shape index (κ3) is 2.93. The van der Waals surface area contributed by atoms with Crippen molar-refractivity contribution in [2.45, 2.75) is 26.8 Å². The average Bonchev–Trinajstić information content (AvgIpc) is 3.04. The maximum Gasteiger partial charge on any atom is 0.253 e. The first-order valence-corrected chi connectivity index (χ1v) is 8.82. The lowest BCUT2D eigenvalue weighted by Gasteiger charge is -2.10. The number of hydrogen-bond acceptors (Lipinski definition) is 4. The zero-order chi connectivity index (χ0) is 18.3. The Morgan fingerprint density at radius 2 is 2.08 bits per heavy atom. The molecule has 132 valence electrons. The minimum atomic E-state index is -0.108. The van der Waals surface area contributed by atoms with E-state index in [1.165, 1.54) is 0 Å². The minimum Gasteiger partial charge on any atom is -0.380 e. The maximum atomic E-state index is 12.3. The van der Waals surface area contributed by atoms with E-state index in [9.17, 15) is 4.79 Å². The monoisotopic (exact) mass is 367 g/mol. The Morgan fingerprint density at radius 1 is 1.23 bits per heavy atom. The highest BCUT2D eigenvalue weighted by Gasteiger charge is 2.09. The molecule has 0 atom stereocenters. The van der Waals surface area contributed by atoms with Crippen LogP contribution in [-0.2, 0) is 13.0 Å². The smallest absolute Gasteiger partial charge is 0.253 e. The molecule has 0 unspecified atom stereocenters. The summed E-state index contributed by atoms with van der Waals surface area (Å²) in [4.78, 5) is 15.2. The average molecular weight is 368 g/mol. The number of nitrogens with one attached hydrogen (secondary N) is 2. The molecule has 0 aliphatic carbocycles. The van der Waals surface area contributed by atoms with Gasteiger partial charge in [0, 0.05) is 40.7 Å². The van der Waals surface area contributed by atoms with Crippen LogP contribution in [0.15, 0.2) is 41.3 Å². The topological polar surface area (TPSA) is 75.1 Å². The van der Waals surface area contributed by atoms with Gasteiger partial charge in [-0.15, -0.1) is 10.2 Å². The number of nitrogens with zero attached hydrogens (tertiary/aromatic N) is 3. The summed E-state index contributed by atoms with van der Waals surface area (Å²) in [5, 5.41) is 13.3. The van der Waals surface area contributed by atoms with Crippen LogP contribution in [0, 0.1) is 6.92 Å². The van der Waals surface area contributed by atoms with Crippen LogP contribution in [0.25, 0.3) is 16.6 Å². The van der Waals surface area contributed by atoms with Crippen molar-refractivity contribution in [2.75, 3.05) is 5.32 Å². The fraction of sp³-hybridized carbons (Fsp3) is 0.211. The molecule has 0 bridgehead atoms. The molecule has 0 fully saturated rings. The van der Waals surface area contributed by atoms with Crippen molar-refractivity contribution in [3.05, 3.63) is 68.9 Å². The van der Waals surface area contributed by atoms with E-state index in [1.54, 1.807) is 6.07 Å². The molecule has 0 amide bonds. The number of benzene rings is 1. The van der Waals surface area contributed by atoms with Gasteiger partial charge in [-0.3, -0.25) is 9.20 Å². The van der Waals surface area contributed by atoms with Gasteiger partial charge in [-0.25, -0.2) is 0 Å². The Kier molecular flexibility index (Phi) is 4.12. The Balaban J connectivity index is 1.66. The molecule has 4 aromatic rings. The van der Waals surface area contributed by atoms with Gasteiger partial charge in [0.25, 0.3) is 5.56 Å². The van der Waals surface area contributed by atoms with Gasteiger partial charge in [0.1, 0.15) is 5.82 Å². The van der Waals surface area contributed by atoms with Crippen LogP contribution in [0.5, 0.6) is 0 Å². The van der Waals surface area contributed by atoms with Gasteiger partial charge >= 0.3 is 0 Å². The van der Waals surface area contributed by atoms with Crippen LogP contribution in [0.4, 0.5) is 5.69 Å². The van der Waals surface area contributed by atoms with Crippen molar-refractivity contribution in [3.63, 3.8) is 0 Å². The molecular formula is C19H18ClN5O. The van der Waals surface area contributed by atoms with E-state index in [1.807, 2.05) is 48.7 Å². The molecule has 4 rings (SSSR count). The van der Waals surface area contributed by atoms with Gasteiger partial charge in [0.05, 0.1) is 5.69 Å². The fourth-order valence-corrected chi connectivity index (χ4v) is 3.27. The van der Waals surface area contributed by atoms with E-state index in [0.717, 1.165) is 40.0 Å². The van der Waals surface area contributed by atoms with Crippen LogP contribution in [0.3, 0.4) is 0 Å². The predicted octanol–water partition coefficient (Wildman–Crippen LogP) is 3.71. The Morgan fingerprint density at radius 3 is 2.88 bits per heavy atom. The van der Waals surface area contributed by atoms with Crippen molar-refractivity contribution in [3.8, 4) is 0 Å². The molecule has 0 radical (unpaired) electrons. The van der Waals surface area contributed by atoms with Gasteiger partial charge in [-0.05, 0) is 42.8 Å². The van der Waals surface area contributed by atoms with Crippen LogP contribution in [0.1, 0.15) is 23.9 Å². The minimum absolute atomic E-state index is 0.108. The highest BCUT2D eigenvalue weighted by molar-refractivity contribution is 6.31. The first-order chi connectivity index (χ1) is 12.5. The summed E-state index contributed by atoms with van der Waals surface area (Å²) < 4.78 is 1.99. The highest BCUT2D eigenvalue weighted by Crippen LogP contribution is 2.19. The van der Waals surface area contributed by atoms with Crippen LogP contribution >= 0.6 is 11.6 Å². The van der Waals surface area contributed by atoms with E-state index in [4.69, 9.17) is 11.6 Å². The van der Waals surface area contributed by atoms with Gasteiger partial charge < -0.3 is 10.3 Å². The van der Waals surface area contributed by atoms with Gasteiger partial charge in [0.2, 0.25) is 0 Å². The summed E-state index contributed by atoms with van der Waals surface area (Å²) in [5.74, 6) is 0.907. The highest BCUT2D eigenvalue weighted by atomic mass is 35.5. The molecule has 1 aromatic carbocycles. The number of aromatic nitrogens is 4. The molecule has 26 heavy (non-hydrogen) atoms. The second-order valence-electron chi connectivity index (χ2n) is 6.28. The fourth-order valence-electron chi connectivity index (χ4n) is 3.09. The number of halogens is 1. The van der Waals surface area contributed by atoms with Gasteiger partial charge in [-0.2, -0.15) is 0 Å². The second-order valence-corrected chi connectivity index (χ2v) is 6.72. The van der Waals surface area contributed by atoms with E-state index in [0.29, 0.717) is 17.1 Å². The normalized spacial score (nSPS) is 11.3. The van der Waals surface area contributed by atoms with Crippen molar-refractivity contribution < 1.29 is 0 Å². The molecule has 0 aliphatic rings. The van der Waals surface area contributed by atoms with Gasteiger partial charge in [-0.1, -0.05) is 18.5 Å². The number of rotatable bonds is 4. The zero-order valence-electron chi connectivity index (χ0n) is 14.5. The number of aromatic amines is 1. The van der Waals surface area contributed by atoms with Crippen LogP contribution in [0.2, 0.25) is 5.02 Å². The SMILES string of the molecule is CCc1nnc2c(C)cc(NCc3cc4cc(Cl)ccc4[nH]c3=O)cn12. The van der Waals surface area contributed by atoms with E-state index in [-0.39, 0.29) is 5.56 Å². The third-order valence-electron chi connectivity index (χ3n) is 4.44. The van der Waals surface area contributed by atoms with Crippen molar-refractivity contribution in [2.24, 2.45) is 0 Å². The molecule has 0 spiro atoms. The second kappa shape index (κ2) is 6.46. The first kappa shape index (κ1) is 16.6. The van der Waals surface area contributed by atoms with Crippen molar-refractivity contribution >= 4 is 33.8 Å². The summed E-state index contributed by atoms with van der Waals surface area (Å²) in [6, 6.07) is 9.30. The quantitative estimate of drug-likeness (QED) is 0.576. The first-order valence-electron chi connectivity index (χ1n) is 8.44. The summed E-state index contributed by atoms with van der Waals surface area (Å²) in [6.45, 7) is 4.46. The van der Waals surface area contributed by atoms with Crippen molar-refractivity contribution in [1.82, 2.24) is 19.6 Å². The molecule has 2 N–H and O–H groups in total. The number of anilines is 1. The van der Waals surface area contributed by atoms with E-state index < -0.39 is 0 Å². The summed E-state index contributed by atoms with van der Waals surface area (Å²) in [6.07, 6.45) is 2.77. The van der Waals surface area contributed by atoms with Crippen LogP contribution < -0.4 is 10.9 Å². The third-order valence-corrected chi connectivity index (χ3v) is 4.68. The number of pyridine rings is 2. The largest absolute Gasteiger partial charge is 0.380 e. The molecule has 7 heteroatoms. The summed E-state index contributed by atoms with van der Waals surface area (Å²) in [7, 11) is 0. The van der Waals surface area contributed by atoms with Crippen LogP contribution in [-0.4, -0.2) is 19.6 Å². The summed E-state index contributed by atoms with van der Waals surface area (Å²) >= 11 is 6.05. The lowest BCUT2D eigenvalue weighted by molar-refractivity contribution is 0.908. The van der Waals surface area contributed by atoms with Crippen molar-refractivity contribution in [1.29, 1.82) is 0 Å². The lowest BCUT2D eigenvalue weighted by Crippen LogP contribution is -2.15. The Labute approximate surface area is 154 Å². The molecule has 0 aliphatic heterocycles. The van der Waals surface area contributed by atoms with E-state index in [2.05, 4.69) is 20.5 Å². The summed E-state index contributed by atoms with van der Waals surface area (Å²) in [5.41, 5.74) is 4.11. The molecular weight excluding hydrogens is 350 g/mol. The standard InChI is InChI=1S/C19H18ClN5O/c1-3-17-23-24-18-11(2)6-15(10-25(17)18)21-9-13-7-12-8-14(20)4-5-16(12)22-19(13)26/h4-8,10,21H,3,9H2,1-2H3,(H,22,26). The lowest BCUT2D eigenvalue weighted by atomic mass is 10.1. The number of hydrogen-bond donors (Lipinski definition) is 2. The number of fused-ring (bicyclic) bond motifs is 2. The molecule has 0 saturated carbocycles. The maximum absolute atomic E-state index is 12.3. The molecule has 3 heterocycles. The number of aryl methyl sites for hydroxylation is 2. The van der Waals surface area contributed by atoms with Gasteiger partial charge in [0.15, 0.2) is 5.65 Å².